The Labute approximate surface area is 99.0 Å². The van der Waals surface area contributed by atoms with Crippen LogP contribution in [-0.4, -0.2) is 6.29 Å². The summed E-state index contributed by atoms with van der Waals surface area (Å²) in [5.41, 5.74) is 1.15. The number of carbonyl (C=O) groups is 1. The van der Waals surface area contributed by atoms with Gasteiger partial charge >= 0.3 is 0 Å². The Bertz CT molecular complexity index is 342. The van der Waals surface area contributed by atoms with E-state index in [1.54, 1.807) is 0 Å². The van der Waals surface area contributed by atoms with Gasteiger partial charge in [-0.1, -0.05) is 47.0 Å². The molecule has 0 amide bonds. The SMILES string of the molecule is O=CC(c1ccccc1Br)C1CCCC1. The second-order valence-electron chi connectivity index (χ2n) is 4.23. The Balaban J connectivity index is 2.26. The van der Waals surface area contributed by atoms with Crippen LogP contribution in [0.5, 0.6) is 0 Å². The highest BCUT2D eigenvalue weighted by Crippen LogP contribution is 2.38. The lowest BCUT2D eigenvalue weighted by Gasteiger charge is -2.19. The molecule has 2 heteroatoms. The number of benzene rings is 1. The molecule has 1 aromatic rings. The third-order valence-electron chi connectivity index (χ3n) is 3.32. The summed E-state index contributed by atoms with van der Waals surface area (Å²) in [4.78, 5) is 11.2. The average molecular weight is 267 g/mol. The molecule has 1 atom stereocenters. The van der Waals surface area contributed by atoms with Crippen molar-refractivity contribution in [3.8, 4) is 0 Å². The summed E-state index contributed by atoms with van der Waals surface area (Å²) in [6.07, 6.45) is 6.07. The Kier molecular flexibility index (Phi) is 3.57. The lowest BCUT2D eigenvalue weighted by molar-refractivity contribution is -0.110. The Morgan fingerprint density at radius 1 is 1.27 bits per heavy atom. The van der Waals surface area contributed by atoms with Gasteiger partial charge in [-0.2, -0.15) is 0 Å². The molecule has 0 N–H and O–H groups in total. The topological polar surface area (TPSA) is 17.1 Å². The minimum Gasteiger partial charge on any atom is -0.303 e. The van der Waals surface area contributed by atoms with Gasteiger partial charge in [0.05, 0.1) is 0 Å². The van der Waals surface area contributed by atoms with Crippen molar-refractivity contribution < 1.29 is 4.79 Å². The van der Waals surface area contributed by atoms with E-state index in [-0.39, 0.29) is 5.92 Å². The fourth-order valence-corrected chi connectivity index (χ4v) is 3.05. The highest BCUT2D eigenvalue weighted by atomic mass is 79.9. The van der Waals surface area contributed by atoms with Crippen LogP contribution in [-0.2, 0) is 4.79 Å². The third-order valence-corrected chi connectivity index (χ3v) is 4.04. The van der Waals surface area contributed by atoms with E-state index >= 15 is 0 Å². The normalized spacial score (nSPS) is 19.0. The van der Waals surface area contributed by atoms with Gasteiger partial charge in [0.25, 0.3) is 0 Å². The minimum absolute atomic E-state index is 0.0862. The Morgan fingerprint density at radius 2 is 1.93 bits per heavy atom. The van der Waals surface area contributed by atoms with Crippen LogP contribution in [0, 0.1) is 5.92 Å². The first-order valence-corrected chi connectivity index (χ1v) is 6.32. The lowest BCUT2D eigenvalue weighted by Crippen LogP contribution is -2.11. The van der Waals surface area contributed by atoms with Crippen molar-refractivity contribution in [2.24, 2.45) is 5.92 Å². The molecule has 1 unspecified atom stereocenters. The first kappa shape index (κ1) is 10.9. The second-order valence-corrected chi connectivity index (χ2v) is 5.08. The predicted octanol–water partition coefficient (Wildman–Crippen LogP) is 3.92. The number of hydrogen-bond donors (Lipinski definition) is 0. The van der Waals surface area contributed by atoms with Crippen molar-refractivity contribution in [2.45, 2.75) is 31.6 Å². The van der Waals surface area contributed by atoms with Gasteiger partial charge in [-0.15, -0.1) is 0 Å². The Morgan fingerprint density at radius 3 is 2.53 bits per heavy atom. The fraction of sp³-hybridized carbons (Fsp3) is 0.462. The van der Waals surface area contributed by atoms with Gasteiger partial charge < -0.3 is 4.79 Å². The van der Waals surface area contributed by atoms with E-state index in [2.05, 4.69) is 22.0 Å². The molecular weight excluding hydrogens is 252 g/mol. The van der Waals surface area contributed by atoms with Crippen molar-refractivity contribution in [3.63, 3.8) is 0 Å². The smallest absolute Gasteiger partial charge is 0.127 e. The molecule has 1 aliphatic rings. The predicted molar refractivity (Wildman–Crippen MR) is 64.9 cm³/mol. The van der Waals surface area contributed by atoms with Crippen molar-refractivity contribution in [3.05, 3.63) is 34.3 Å². The van der Waals surface area contributed by atoms with Gasteiger partial charge in [0, 0.05) is 10.4 Å². The highest BCUT2D eigenvalue weighted by molar-refractivity contribution is 9.10. The van der Waals surface area contributed by atoms with E-state index < -0.39 is 0 Å². The fourth-order valence-electron chi connectivity index (χ4n) is 2.50. The van der Waals surface area contributed by atoms with Crippen LogP contribution in [0.1, 0.15) is 37.2 Å². The quantitative estimate of drug-likeness (QED) is 0.758. The van der Waals surface area contributed by atoms with Crippen LogP contribution in [0.15, 0.2) is 28.7 Å². The van der Waals surface area contributed by atoms with Crippen LogP contribution in [0.4, 0.5) is 0 Å². The summed E-state index contributed by atoms with van der Waals surface area (Å²) in [7, 11) is 0. The van der Waals surface area contributed by atoms with Gasteiger partial charge in [-0.3, -0.25) is 0 Å². The van der Waals surface area contributed by atoms with Gasteiger partial charge in [0.2, 0.25) is 0 Å². The molecule has 0 spiro atoms. The summed E-state index contributed by atoms with van der Waals surface area (Å²) >= 11 is 3.53. The minimum atomic E-state index is 0.0862. The van der Waals surface area contributed by atoms with Gasteiger partial charge in [-0.25, -0.2) is 0 Å². The first-order chi connectivity index (χ1) is 7.33. The molecule has 1 nitrogen and oxygen atoms in total. The molecule has 1 aromatic carbocycles. The van der Waals surface area contributed by atoms with E-state index in [0.29, 0.717) is 5.92 Å². The molecule has 0 bridgehead atoms. The zero-order valence-corrected chi connectivity index (χ0v) is 10.2. The summed E-state index contributed by atoms with van der Waals surface area (Å²) in [6, 6.07) is 8.07. The average Bonchev–Trinajstić information content (AvgIpc) is 2.75. The van der Waals surface area contributed by atoms with E-state index in [4.69, 9.17) is 0 Å². The summed E-state index contributed by atoms with van der Waals surface area (Å²) in [6.45, 7) is 0. The van der Waals surface area contributed by atoms with Gasteiger partial charge in [0.1, 0.15) is 6.29 Å². The zero-order chi connectivity index (χ0) is 10.7. The second kappa shape index (κ2) is 4.93. The molecule has 80 valence electrons. The van der Waals surface area contributed by atoms with Crippen LogP contribution in [0.25, 0.3) is 0 Å². The van der Waals surface area contributed by atoms with Crippen molar-refractivity contribution in [1.82, 2.24) is 0 Å². The summed E-state index contributed by atoms with van der Waals surface area (Å²) in [5.74, 6) is 0.643. The molecule has 0 saturated heterocycles. The van der Waals surface area contributed by atoms with Crippen molar-refractivity contribution in [1.29, 1.82) is 0 Å². The monoisotopic (exact) mass is 266 g/mol. The van der Waals surface area contributed by atoms with Crippen LogP contribution in [0.3, 0.4) is 0 Å². The molecule has 0 aliphatic heterocycles. The van der Waals surface area contributed by atoms with Crippen LogP contribution >= 0.6 is 15.9 Å². The van der Waals surface area contributed by atoms with Crippen molar-refractivity contribution >= 4 is 22.2 Å². The van der Waals surface area contributed by atoms with Gasteiger partial charge in [0.15, 0.2) is 0 Å². The standard InChI is InChI=1S/C13H15BrO/c14-13-8-4-3-7-11(13)12(9-15)10-5-1-2-6-10/h3-4,7-10,12H,1-2,5-6H2. The molecule has 2 rings (SSSR count). The van der Waals surface area contributed by atoms with Crippen molar-refractivity contribution in [2.75, 3.05) is 0 Å². The molecule has 1 aliphatic carbocycles. The van der Waals surface area contributed by atoms with E-state index in [1.165, 1.54) is 25.7 Å². The number of carbonyl (C=O) groups excluding carboxylic acids is 1. The maximum atomic E-state index is 11.2. The van der Waals surface area contributed by atoms with Gasteiger partial charge in [-0.05, 0) is 30.4 Å². The molecular formula is C13H15BrO. The number of aldehydes is 1. The maximum absolute atomic E-state index is 11.2. The number of rotatable bonds is 3. The van der Waals surface area contributed by atoms with E-state index in [9.17, 15) is 4.79 Å². The lowest BCUT2D eigenvalue weighted by atomic mass is 9.86. The maximum Gasteiger partial charge on any atom is 0.127 e. The summed E-state index contributed by atoms with van der Waals surface area (Å²) < 4.78 is 1.06. The zero-order valence-electron chi connectivity index (χ0n) is 8.66. The molecule has 0 radical (unpaired) electrons. The largest absolute Gasteiger partial charge is 0.303 e. The molecule has 0 heterocycles. The van der Waals surface area contributed by atoms with E-state index in [1.807, 2.05) is 18.2 Å². The van der Waals surface area contributed by atoms with Crippen LogP contribution < -0.4 is 0 Å². The highest BCUT2D eigenvalue weighted by Gasteiger charge is 2.26. The first-order valence-electron chi connectivity index (χ1n) is 5.52. The third kappa shape index (κ3) is 2.31. The van der Waals surface area contributed by atoms with Crippen LogP contribution in [0.2, 0.25) is 0 Å². The summed E-state index contributed by atoms with van der Waals surface area (Å²) in [5, 5.41) is 0. The Hall–Kier alpha value is -0.630. The molecule has 1 saturated carbocycles. The number of hydrogen-bond acceptors (Lipinski definition) is 1. The molecule has 1 fully saturated rings. The van der Waals surface area contributed by atoms with E-state index in [0.717, 1.165) is 16.3 Å². The number of halogens is 1. The molecule has 15 heavy (non-hydrogen) atoms. The molecule has 0 aromatic heterocycles.